The van der Waals surface area contributed by atoms with Gasteiger partial charge in [0.25, 0.3) is 0 Å². The van der Waals surface area contributed by atoms with Crippen molar-refractivity contribution in [3.8, 4) is 0 Å². The lowest BCUT2D eigenvalue weighted by Gasteiger charge is -2.43. The van der Waals surface area contributed by atoms with Crippen LogP contribution >= 0.6 is 11.8 Å². The number of hydrogen-bond acceptors (Lipinski definition) is 4. The van der Waals surface area contributed by atoms with Crippen molar-refractivity contribution in [2.45, 2.75) is 50.7 Å². The Bertz CT molecular complexity index is 403. The van der Waals surface area contributed by atoms with Gasteiger partial charge in [0.15, 0.2) is 5.84 Å². The van der Waals surface area contributed by atoms with Crippen LogP contribution in [0.15, 0.2) is 5.16 Å². The summed E-state index contributed by atoms with van der Waals surface area (Å²) in [7, 11) is 0. The van der Waals surface area contributed by atoms with Gasteiger partial charge in [-0.3, -0.25) is 4.79 Å². The van der Waals surface area contributed by atoms with E-state index in [1.54, 1.807) is 0 Å². The standard InChI is InChI=1S/C14H25N3O2S/c1-13(2)10-17(8-9-20-13)12(18)14(11(15)16-19)6-4-3-5-7-14/h19H,3-10H2,1-2H3,(H2,15,16). The summed E-state index contributed by atoms with van der Waals surface area (Å²) in [5.41, 5.74) is 5.13. The molecule has 114 valence electrons. The van der Waals surface area contributed by atoms with Crippen molar-refractivity contribution in [2.75, 3.05) is 18.8 Å². The Hall–Kier alpha value is -0.910. The van der Waals surface area contributed by atoms with Crippen molar-refractivity contribution < 1.29 is 10.0 Å². The van der Waals surface area contributed by atoms with Crippen molar-refractivity contribution in [1.82, 2.24) is 4.90 Å². The molecule has 0 spiro atoms. The highest BCUT2D eigenvalue weighted by Crippen LogP contribution is 2.40. The molecular weight excluding hydrogens is 274 g/mol. The molecule has 2 fully saturated rings. The molecule has 20 heavy (non-hydrogen) atoms. The molecule has 0 aromatic heterocycles. The number of hydrogen-bond donors (Lipinski definition) is 2. The first kappa shape index (κ1) is 15.5. The van der Waals surface area contributed by atoms with Gasteiger partial charge in [0.2, 0.25) is 5.91 Å². The zero-order valence-electron chi connectivity index (χ0n) is 12.4. The molecule has 0 atom stereocenters. The average Bonchev–Trinajstić information content (AvgIpc) is 2.45. The molecule has 1 aliphatic heterocycles. The van der Waals surface area contributed by atoms with Gasteiger partial charge in [-0.05, 0) is 26.7 Å². The molecule has 0 radical (unpaired) electrons. The third-order valence-corrected chi connectivity index (χ3v) is 5.72. The van der Waals surface area contributed by atoms with Gasteiger partial charge < -0.3 is 15.8 Å². The Kier molecular flexibility index (Phi) is 4.52. The lowest BCUT2D eigenvalue weighted by atomic mass is 9.72. The maximum absolute atomic E-state index is 13.0. The molecule has 0 unspecified atom stereocenters. The van der Waals surface area contributed by atoms with Crippen molar-refractivity contribution >= 4 is 23.5 Å². The minimum absolute atomic E-state index is 0.0564. The zero-order chi connectivity index (χ0) is 14.8. The van der Waals surface area contributed by atoms with E-state index in [9.17, 15) is 4.79 Å². The number of nitrogens with two attached hydrogens (primary N) is 1. The predicted molar refractivity (Wildman–Crippen MR) is 82.0 cm³/mol. The first-order chi connectivity index (χ1) is 9.41. The van der Waals surface area contributed by atoms with Crippen LogP contribution in [0.4, 0.5) is 0 Å². The summed E-state index contributed by atoms with van der Waals surface area (Å²) >= 11 is 1.90. The molecule has 0 aromatic carbocycles. The summed E-state index contributed by atoms with van der Waals surface area (Å²) in [6.07, 6.45) is 4.45. The van der Waals surface area contributed by atoms with E-state index in [4.69, 9.17) is 10.9 Å². The van der Waals surface area contributed by atoms with E-state index in [2.05, 4.69) is 19.0 Å². The third-order valence-electron chi connectivity index (χ3n) is 4.43. The molecule has 0 aromatic rings. The van der Waals surface area contributed by atoms with Gasteiger partial charge in [-0.2, -0.15) is 11.8 Å². The number of rotatable bonds is 2. The topological polar surface area (TPSA) is 78.9 Å². The van der Waals surface area contributed by atoms with Crippen LogP contribution in [0.25, 0.3) is 0 Å². The molecule has 6 heteroatoms. The molecule has 1 aliphatic carbocycles. The summed E-state index contributed by atoms with van der Waals surface area (Å²) < 4.78 is 0.0783. The SMILES string of the molecule is CC1(C)CN(C(=O)C2(C(N)=NO)CCCCC2)CCS1. The number of thioether (sulfide) groups is 1. The van der Waals surface area contributed by atoms with Crippen LogP contribution in [0.2, 0.25) is 0 Å². The highest BCUT2D eigenvalue weighted by molar-refractivity contribution is 8.00. The molecule has 1 amide bonds. The Morgan fingerprint density at radius 2 is 1.95 bits per heavy atom. The molecule has 3 N–H and O–H groups in total. The fourth-order valence-electron chi connectivity index (χ4n) is 3.32. The second-order valence-corrected chi connectivity index (χ2v) is 8.26. The summed E-state index contributed by atoms with van der Waals surface area (Å²) in [5.74, 6) is 1.10. The van der Waals surface area contributed by atoms with Crippen LogP contribution in [-0.2, 0) is 4.79 Å². The van der Waals surface area contributed by atoms with Gasteiger partial charge >= 0.3 is 0 Å². The Morgan fingerprint density at radius 1 is 1.30 bits per heavy atom. The number of carbonyl (C=O) groups excluding carboxylic acids is 1. The van der Waals surface area contributed by atoms with Gasteiger partial charge in [-0.1, -0.05) is 24.4 Å². The van der Waals surface area contributed by atoms with Crippen molar-refractivity contribution in [1.29, 1.82) is 0 Å². The van der Waals surface area contributed by atoms with Crippen LogP contribution in [0.3, 0.4) is 0 Å². The van der Waals surface area contributed by atoms with Crippen LogP contribution in [-0.4, -0.2) is 45.4 Å². The summed E-state index contributed by atoms with van der Waals surface area (Å²) in [6, 6.07) is 0. The van der Waals surface area contributed by atoms with E-state index < -0.39 is 5.41 Å². The maximum Gasteiger partial charge on any atom is 0.236 e. The molecule has 2 rings (SSSR count). The van der Waals surface area contributed by atoms with Crippen LogP contribution in [0, 0.1) is 5.41 Å². The quantitative estimate of drug-likeness (QED) is 0.354. The molecular formula is C14H25N3O2S. The van der Waals surface area contributed by atoms with Gasteiger partial charge in [0.05, 0.1) is 0 Å². The summed E-state index contributed by atoms with van der Waals surface area (Å²) in [5, 5.41) is 12.3. The molecule has 1 heterocycles. The van der Waals surface area contributed by atoms with Crippen LogP contribution < -0.4 is 5.73 Å². The summed E-state index contributed by atoms with van der Waals surface area (Å²) in [4.78, 5) is 14.9. The Balaban J connectivity index is 2.23. The minimum Gasteiger partial charge on any atom is -0.409 e. The van der Waals surface area contributed by atoms with Crippen molar-refractivity contribution in [3.63, 3.8) is 0 Å². The van der Waals surface area contributed by atoms with E-state index in [-0.39, 0.29) is 16.5 Å². The smallest absolute Gasteiger partial charge is 0.236 e. The maximum atomic E-state index is 13.0. The average molecular weight is 299 g/mol. The lowest BCUT2D eigenvalue weighted by molar-refractivity contribution is -0.140. The van der Waals surface area contributed by atoms with Crippen LogP contribution in [0.5, 0.6) is 0 Å². The first-order valence-electron chi connectivity index (χ1n) is 7.33. The van der Waals surface area contributed by atoms with E-state index in [0.717, 1.165) is 38.1 Å². The largest absolute Gasteiger partial charge is 0.409 e. The minimum atomic E-state index is -0.773. The highest BCUT2D eigenvalue weighted by Gasteiger charge is 2.47. The van der Waals surface area contributed by atoms with Gasteiger partial charge in [0, 0.05) is 23.6 Å². The van der Waals surface area contributed by atoms with E-state index >= 15 is 0 Å². The second kappa shape index (κ2) is 5.84. The number of amides is 1. The fourth-order valence-corrected chi connectivity index (χ4v) is 4.43. The number of oxime groups is 1. The fraction of sp³-hybridized carbons (Fsp3) is 0.857. The Morgan fingerprint density at radius 3 is 2.50 bits per heavy atom. The third kappa shape index (κ3) is 2.90. The lowest BCUT2D eigenvalue weighted by Crippen LogP contribution is -2.56. The molecule has 1 saturated heterocycles. The zero-order valence-corrected chi connectivity index (χ0v) is 13.2. The molecule has 5 nitrogen and oxygen atoms in total. The van der Waals surface area contributed by atoms with Crippen molar-refractivity contribution in [2.24, 2.45) is 16.3 Å². The second-order valence-electron chi connectivity index (χ2n) is 6.46. The highest BCUT2D eigenvalue weighted by atomic mass is 32.2. The number of nitrogens with zero attached hydrogens (tertiary/aromatic N) is 2. The van der Waals surface area contributed by atoms with Gasteiger partial charge in [0.1, 0.15) is 5.41 Å². The monoisotopic (exact) mass is 299 g/mol. The number of amidine groups is 1. The number of carbonyl (C=O) groups is 1. The first-order valence-corrected chi connectivity index (χ1v) is 8.31. The van der Waals surface area contributed by atoms with E-state index in [0.29, 0.717) is 12.8 Å². The van der Waals surface area contributed by atoms with Crippen LogP contribution in [0.1, 0.15) is 46.0 Å². The van der Waals surface area contributed by atoms with Crippen molar-refractivity contribution in [3.05, 3.63) is 0 Å². The molecule has 1 saturated carbocycles. The van der Waals surface area contributed by atoms with Gasteiger partial charge in [-0.25, -0.2) is 0 Å². The Labute approximate surface area is 124 Å². The van der Waals surface area contributed by atoms with E-state index in [1.165, 1.54) is 0 Å². The molecule has 0 bridgehead atoms. The normalized spacial score (nSPS) is 26.3. The van der Waals surface area contributed by atoms with E-state index in [1.807, 2.05) is 16.7 Å². The van der Waals surface area contributed by atoms with Gasteiger partial charge in [-0.15, -0.1) is 0 Å². The predicted octanol–water partition coefficient (Wildman–Crippen LogP) is 2.04. The molecule has 2 aliphatic rings. The summed E-state index contributed by atoms with van der Waals surface area (Å²) in [6.45, 7) is 5.81.